The zero-order valence-corrected chi connectivity index (χ0v) is 11.9. The summed E-state index contributed by atoms with van der Waals surface area (Å²) >= 11 is 0. The van der Waals surface area contributed by atoms with E-state index < -0.39 is 0 Å². The first-order chi connectivity index (χ1) is 9.31. The Morgan fingerprint density at radius 2 is 1.95 bits per heavy atom. The van der Waals surface area contributed by atoms with E-state index in [4.69, 9.17) is 4.74 Å². The average molecular weight is 263 g/mol. The minimum absolute atomic E-state index is 0.0860. The number of carbonyl (C=O) groups excluding carboxylic acids is 1. The van der Waals surface area contributed by atoms with Gasteiger partial charge in [0, 0.05) is 6.04 Å². The summed E-state index contributed by atoms with van der Waals surface area (Å²) in [5.41, 5.74) is 0. The highest BCUT2D eigenvalue weighted by Gasteiger charge is 2.45. The number of piperidine rings is 1. The smallest absolute Gasteiger partial charge is 0.410 e. The number of hydrogen-bond donors (Lipinski definition) is 0. The molecule has 3 heteroatoms. The molecule has 2 bridgehead atoms. The van der Waals surface area contributed by atoms with Gasteiger partial charge in [-0.05, 0) is 44.4 Å². The molecule has 4 rings (SSSR count). The van der Waals surface area contributed by atoms with E-state index in [2.05, 4.69) is 17.1 Å². The van der Waals surface area contributed by atoms with Crippen molar-refractivity contribution in [3.05, 3.63) is 12.2 Å². The fraction of sp³-hybridized carbons (Fsp3) is 0.812. The maximum Gasteiger partial charge on any atom is 0.410 e. The minimum atomic E-state index is -0.0860. The molecule has 2 aliphatic carbocycles. The molecule has 2 heterocycles. The summed E-state index contributed by atoms with van der Waals surface area (Å²) in [6.45, 7) is 2.37. The molecule has 1 saturated heterocycles. The van der Waals surface area contributed by atoms with Gasteiger partial charge in [-0.25, -0.2) is 4.79 Å². The normalized spacial score (nSPS) is 34.6. The van der Waals surface area contributed by atoms with Gasteiger partial charge in [-0.2, -0.15) is 0 Å². The molecule has 0 unspecified atom stereocenters. The Kier molecular flexibility index (Phi) is 3.81. The summed E-state index contributed by atoms with van der Waals surface area (Å²) in [5.74, 6) is 1.26. The van der Waals surface area contributed by atoms with Crippen molar-refractivity contribution in [2.75, 3.05) is 6.61 Å². The molecule has 0 N–H and O–H groups in total. The van der Waals surface area contributed by atoms with E-state index in [-0.39, 0.29) is 12.1 Å². The molecule has 0 radical (unpaired) electrons. The van der Waals surface area contributed by atoms with E-state index in [0.29, 0.717) is 24.5 Å². The third-order valence-corrected chi connectivity index (χ3v) is 5.10. The molecule has 1 saturated carbocycles. The third kappa shape index (κ3) is 2.39. The zero-order valence-electron chi connectivity index (χ0n) is 11.9. The van der Waals surface area contributed by atoms with E-state index in [1.165, 1.54) is 38.5 Å². The van der Waals surface area contributed by atoms with Gasteiger partial charge in [-0.15, -0.1) is 0 Å². The van der Waals surface area contributed by atoms with Crippen molar-refractivity contribution in [1.82, 2.24) is 4.90 Å². The monoisotopic (exact) mass is 263 g/mol. The van der Waals surface area contributed by atoms with Crippen LogP contribution in [0.4, 0.5) is 4.79 Å². The van der Waals surface area contributed by atoms with Crippen LogP contribution >= 0.6 is 0 Å². The van der Waals surface area contributed by atoms with Gasteiger partial charge in [0.15, 0.2) is 0 Å². The largest absolute Gasteiger partial charge is 0.450 e. The van der Waals surface area contributed by atoms with Gasteiger partial charge >= 0.3 is 6.09 Å². The minimum Gasteiger partial charge on any atom is -0.450 e. The molecule has 0 aromatic rings. The van der Waals surface area contributed by atoms with Crippen LogP contribution in [0.3, 0.4) is 0 Å². The molecule has 0 spiro atoms. The lowest BCUT2D eigenvalue weighted by molar-refractivity contribution is 0.00857. The Balaban J connectivity index is 1.81. The van der Waals surface area contributed by atoms with Gasteiger partial charge in [-0.3, -0.25) is 4.90 Å². The summed E-state index contributed by atoms with van der Waals surface area (Å²) in [4.78, 5) is 14.4. The molecular formula is C16H25NO2. The summed E-state index contributed by atoms with van der Waals surface area (Å²) in [6.07, 6.45) is 13.5. The summed E-state index contributed by atoms with van der Waals surface area (Å²) in [6, 6.07) is 0.694. The molecule has 19 heavy (non-hydrogen) atoms. The predicted molar refractivity (Wildman–Crippen MR) is 74.9 cm³/mol. The highest BCUT2D eigenvalue weighted by Crippen LogP contribution is 2.42. The van der Waals surface area contributed by atoms with Crippen molar-refractivity contribution in [3.63, 3.8) is 0 Å². The van der Waals surface area contributed by atoms with Crippen molar-refractivity contribution in [2.45, 2.75) is 64.0 Å². The number of carbonyl (C=O) groups is 1. The molecule has 106 valence electrons. The number of rotatable bonds is 2. The van der Waals surface area contributed by atoms with Gasteiger partial charge in [0.2, 0.25) is 0 Å². The van der Waals surface area contributed by atoms with Crippen molar-refractivity contribution < 1.29 is 9.53 Å². The maximum absolute atomic E-state index is 12.3. The van der Waals surface area contributed by atoms with E-state index in [0.717, 1.165) is 6.42 Å². The van der Waals surface area contributed by atoms with Crippen molar-refractivity contribution >= 4 is 6.09 Å². The highest BCUT2D eigenvalue weighted by molar-refractivity contribution is 5.69. The van der Waals surface area contributed by atoms with Crippen LogP contribution in [0.15, 0.2) is 12.2 Å². The number of hydrogen-bond acceptors (Lipinski definition) is 2. The molecule has 0 aromatic carbocycles. The maximum atomic E-state index is 12.3. The van der Waals surface area contributed by atoms with Crippen molar-refractivity contribution in [3.8, 4) is 0 Å². The quantitative estimate of drug-likeness (QED) is 0.710. The van der Waals surface area contributed by atoms with Gasteiger partial charge < -0.3 is 4.74 Å². The molecule has 2 aliphatic heterocycles. The molecule has 2 fully saturated rings. The first-order valence-electron chi connectivity index (χ1n) is 7.94. The van der Waals surface area contributed by atoms with Crippen LogP contribution in [0.1, 0.15) is 51.9 Å². The van der Waals surface area contributed by atoms with Gasteiger partial charge in [0.05, 0.1) is 12.6 Å². The third-order valence-electron chi connectivity index (χ3n) is 5.10. The Bertz CT molecular complexity index is 360. The van der Waals surface area contributed by atoms with Crippen LogP contribution in [0, 0.1) is 11.8 Å². The lowest BCUT2D eigenvalue weighted by atomic mass is 9.71. The number of nitrogens with zero attached hydrogens (tertiary/aromatic N) is 1. The molecule has 3 nitrogen and oxygen atoms in total. The second-order valence-corrected chi connectivity index (χ2v) is 6.19. The number of fused-ring (bicyclic) bond motifs is 2. The molecule has 4 aliphatic rings. The number of amides is 1. The van der Waals surface area contributed by atoms with Gasteiger partial charge in [0.25, 0.3) is 0 Å². The number of ether oxygens (including phenoxy) is 1. The SMILES string of the molecule is CCOC(=O)N1[C@H](C2CCCCC2)[C@@H]2C=C[C@H]1CC2. The molecule has 0 aromatic heterocycles. The van der Waals surface area contributed by atoms with Crippen molar-refractivity contribution in [2.24, 2.45) is 11.8 Å². The fourth-order valence-electron chi connectivity index (χ4n) is 4.28. The second-order valence-electron chi connectivity index (χ2n) is 6.19. The average Bonchev–Trinajstić information content (AvgIpc) is 2.48. The highest BCUT2D eigenvalue weighted by atomic mass is 16.6. The summed E-state index contributed by atoms with van der Waals surface area (Å²) in [7, 11) is 0. The lowest BCUT2D eigenvalue weighted by Crippen LogP contribution is -2.58. The fourth-order valence-corrected chi connectivity index (χ4v) is 4.28. The first kappa shape index (κ1) is 13.0. The zero-order chi connectivity index (χ0) is 13.2. The molecular weight excluding hydrogens is 238 g/mol. The van der Waals surface area contributed by atoms with Gasteiger partial charge in [0.1, 0.15) is 0 Å². The van der Waals surface area contributed by atoms with E-state index in [9.17, 15) is 4.79 Å². The molecule has 3 atom stereocenters. The van der Waals surface area contributed by atoms with Crippen LogP contribution < -0.4 is 0 Å². The Labute approximate surface area is 116 Å². The van der Waals surface area contributed by atoms with Crippen LogP contribution in [0.2, 0.25) is 0 Å². The Hall–Kier alpha value is -0.990. The Morgan fingerprint density at radius 1 is 1.16 bits per heavy atom. The van der Waals surface area contributed by atoms with Crippen LogP contribution in [-0.2, 0) is 4.74 Å². The second kappa shape index (κ2) is 5.56. The van der Waals surface area contributed by atoms with Gasteiger partial charge in [-0.1, -0.05) is 31.4 Å². The van der Waals surface area contributed by atoms with Crippen LogP contribution in [-0.4, -0.2) is 29.7 Å². The first-order valence-corrected chi connectivity index (χ1v) is 7.94. The van der Waals surface area contributed by atoms with Crippen LogP contribution in [0.25, 0.3) is 0 Å². The van der Waals surface area contributed by atoms with E-state index >= 15 is 0 Å². The van der Waals surface area contributed by atoms with E-state index in [1.807, 2.05) is 6.92 Å². The van der Waals surface area contributed by atoms with E-state index in [1.54, 1.807) is 0 Å². The topological polar surface area (TPSA) is 29.5 Å². The van der Waals surface area contributed by atoms with Crippen LogP contribution in [0.5, 0.6) is 0 Å². The summed E-state index contributed by atoms with van der Waals surface area (Å²) in [5, 5.41) is 0. The standard InChI is InChI=1S/C16H25NO2/c1-2-19-16(18)17-14-10-8-13(9-11-14)15(17)12-6-4-3-5-7-12/h8,10,12-15H,2-7,9,11H2,1H3/t13-,14+,15-/m1/s1. The van der Waals surface area contributed by atoms with Crippen molar-refractivity contribution in [1.29, 1.82) is 0 Å². The lowest BCUT2D eigenvalue weighted by Gasteiger charge is -2.51. The summed E-state index contributed by atoms with van der Waals surface area (Å²) < 4.78 is 5.31. The Morgan fingerprint density at radius 3 is 2.58 bits per heavy atom. The molecule has 1 amide bonds. The predicted octanol–water partition coefficient (Wildman–Crippen LogP) is 3.74.